The first kappa shape index (κ1) is 26.5. The Morgan fingerprint density at radius 1 is 0.667 bits per heavy atom. The zero-order chi connectivity index (χ0) is 26.4. The van der Waals surface area contributed by atoms with Crippen molar-refractivity contribution in [2.75, 3.05) is 55.7 Å². The summed E-state index contributed by atoms with van der Waals surface area (Å²) in [4.78, 5) is 27.4. The van der Waals surface area contributed by atoms with Gasteiger partial charge in [0.15, 0.2) is 28.8 Å². The predicted molar refractivity (Wildman–Crippen MR) is 135 cm³/mol. The number of ether oxygens (including phenoxy) is 6. The third kappa shape index (κ3) is 5.40. The van der Waals surface area contributed by atoms with Crippen LogP contribution in [0.5, 0.6) is 34.5 Å². The Balaban J connectivity index is 2.10. The van der Waals surface area contributed by atoms with Crippen molar-refractivity contribution in [2.45, 2.75) is 6.92 Å². The number of benzene rings is 2. The molecule has 0 bridgehead atoms. The van der Waals surface area contributed by atoms with Gasteiger partial charge in [0, 0.05) is 31.2 Å². The summed E-state index contributed by atoms with van der Waals surface area (Å²) in [5.41, 5.74) is 2.24. The number of hydrogen-bond donors (Lipinski definition) is 0. The molecule has 0 radical (unpaired) electrons. The maximum absolute atomic E-state index is 13.5. The second kappa shape index (κ2) is 11.5. The summed E-state index contributed by atoms with van der Waals surface area (Å²) >= 11 is 0. The highest BCUT2D eigenvalue weighted by Gasteiger charge is 2.28. The molecule has 1 amide bonds. The van der Waals surface area contributed by atoms with E-state index in [9.17, 15) is 9.59 Å². The number of ketones is 1. The van der Waals surface area contributed by atoms with Gasteiger partial charge in [-0.05, 0) is 47.5 Å². The van der Waals surface area contributed by atoms with E-state index in [-0.39, 0.29) is 24.8 Å². The third-order valence-electron chi connectivity index (χ3n) is 5.81. The van der Waals surface area contributed by atoms with Gasteiger partial charge in [0.05, 0.1) is 42.7 Å². The molecular formula is C27H31NO8. The van der Waals surface area contributed by atoms with Crippen LogP contribution < -0.4 is 28.4 Å². The second-order valence-electron chi connectivity index (χ2n) is 7.96. The van der Waals surface area contributed by atoms with Crippen LogP contribution in [0.2, 0.25) is 0 Å². The molecule has 1 fully saturated rings. The largest absolute Gasteiger partial charge is 0.493 e. The number of nitrogens with zero attached hydrogens (tertiary/aromatic N) is 1. The number of carbonyl (C=O) groups is 2. The number of Topliss-reactive ketones (excluding diaryl/α,β-unsaturated/α-hetero) is 1. The smallest absolute Gasteiger partial charge is 0.220 e. The number of likely N-dealkylation sites (tertiary alicyclic amines) is 1. The fraction of sp³-hybridized carbons (Fsp3) is 0.333. The minimum absolute atomic E-state index is 0.144. The lowest BCUT2D eigenvalue weighted by Crippen LogP contribution is -2.40. The van der Waals surface area contributed by atoms with Gasteiger partial charge in [0.2, 0.25) is 17.4 Å². The lowest BCUT2D eigenvalue weighted by Gasteiger charge is -2.29. The Morgan fingerprint density at radius 3 is 1.25 bits per heavy atom. The summed E-state index contributed by atoms with van der Waals surface area (Å²) in [5, 5.41) is 0. The molecule has 0 spiro atoms. The van der Waals surface area contributed by atoms with E-state index >= 15 is 0 Å². The van der Waals surface area contributed by atoms with E-state index in [1.54, 1.807) is 41.3 Å². The SMILES string of the molecule is COc1cc(/C=C2\CN(C(C)=O)C/C(=C\c3cc(OC)c(OC)c(OC)c3)C2=O)cc(OC)c1OC. The third-order valence-corrected chi connectivity index (χ3v) is 5.81. The highest BCUT2D eigenvalue weighted by atomic mass is 16.5. The van der Waals surface area contributed by atoms with Gasteiger partial charge in [-0.15, -0.1) is 0 Å². The van der Waals surface area contributed by atoms with Crippen molar-refractivity contribution < 1.29 is 38.0 Å². The molecule has 192 valence electrons. The first-order valence-electron chi connectivity index (χ1n) is 11.1. The Kier molecular flexibility index (Phi) is 8.47. The van der Waals surface area contributed by atoms with Gasteiger partial charge in [-0.2, -0.15) is 0 Å². The maximum Gasteiger partial charge on any atom is 0.220 e. The average molecular weight is 498 g/mol. The molecule has 1 aliphatic heterocycles. The van der Waals surface area contributed by atoms with Crippen LogP contribution in [0.4, 0.5) is 0 Å². The summed E-state index contributed by atoms with van der Waals surface area (Å²) < 4.78 is 32.5. The van der Waals surface area contributed by atoms with Gasteiger partial charge in [-0.1, -0.05) is 0 Å². The summed E-state index contributed by atoms with van der Waals surface area (Å²) in [6.07, 6.45) is 3.45. The normalized spacial score (nSPS) is 15.6. The Bertz CT molecular complexity index is 1080. The van der Waals surface area contributed by atoms with Crippen molar-refractivity contribution in [1.82, 2.24) is 4.90 Å². The fourth-order valence-electron chi connectivity index (χ4n) is 4.03. The topological polar surface area (TPSA) is 92.8 Å². The summed E-state index contributed by atoms with van der Waals surface area (Å²) in [6, 6.07) is 6.99. The number of piperidine rings is 1. The van der Waals surface area contributed by atoms with Crippen LogP contribution in [0.1, 0.15) is 18.1 Å². The molecule has 9 nitrogen and oxygen atoms in total. The van der Waals surface area contributed by atoms with Crippen LogP contribution in [0.3, 0.4) is 0 Å². The van der Waals surface area contributed by atoms with E-state index in [4.69, 9.17) is 28.4 Å². The molecule has 3 rings (SSSR count). The molecule has 1 saturated heterocycles. The van der Waals surface area contributed by atoms with Crippen LogP contribution in [0, 0.1) is 0 Å². The first-order valence-corrected chi connectivity index (χ1v) is 11.1. The van der Waals surface area contributed by atoms with Gasteiger partial charge >= 0.3 is 0 Å². The Labute approximate surface area is 210 Å². The van der Waals surface area contributed by atoms with Crippen LogP contribution in [0.25, 0.3) is 12.2 Å². The Morgan fingerprint density at radius 2 is 1.00 bits per heavy atom. The van der Waals surface area contributed by atoms with Gasteiger partial charge in [0.25, 0.3) is 0 Å². The van der Waals surface area contributed by atoms with Crippen molar-refractivity contribution >= 4 is 23.8 Å². The van der Waals surface area contributed by atoms with Crippen LogP contribution >= 0.6 is 0 Å². The summed E-state index contributed by atoms with van der Waals surface area (Å²) in [6.45, 7) is 1.83. The minimum atomic E-state index is -0.171. The molecule has 0 saturated carbocycles. The van der Waals surface area contributed by atoms with Crippen molar-refractivity contribution in [3.8, 4) is 34.5 Å². The highest BCUT2D eigenvalue weighted by Crippen LogP contribution is 2.40. The number of amides is 1. The molecule has 36 heavy (non-hydrogen) atoms. The molecule has 2 aromatic rings. The molecule has 0 N–H and O–H groups in total. The second-order valence-corrected chi connectivity index (χ2v) is 7.96. The number of methoxy groups -OCH3 is 6. The van der Waals surface area contributed by atoms with Gasteiger partial charge < -0.3 is 33.3 Å². The monoisotopic (exact) mass is 497 g/mol. The zero-order valence-electron chi connectivity index (χ0n) is 21.6. The fourth-order valence-corrected chi connectivity index (χ4v) is 4.03. The average Bonchev–Trinajstić information content (AvgIpc) is 2.89. The van der Waals surface area contributed by atoms with Crippen molar-refractivity contribution in [1.29, 1.82) is 0 Å². The number of rotatable bonds is 8. The van der Waals surface area contributed by atoms with Crippen LogP contribution in [0.15, 0.2) is 35.4 Å². The van der Waals surface area contributed by atoms with E-state index in [0.29, 0.717) is 56.8 Å². The van der Waals surface area contributed by atoms with Crippen molar-refractivity contribution in [2.24, 2.45) is 0 Å². The molecule has 1 aliphatic rings. The highest BCUT2D eigenvalue weighted by molar-refractivity contribution is 6.15. The van der Waals surface area contributed by atoms with Gasteiger partial charge in [-0.3, -0.25) is 9.59 Å². The molecule has 0 atom stereocenters. The molecule has 9 heteroatoms. The van der Waals surface area contributed by atoms with Crippen LogP contribution in [-0.2, 0) is 9.59 Å². The summed E-state index contributed by atoms with van der Waals surface area (Å²) in [7, 11) is 9.14. The number of hydrogen-bond acceptors (Lipinski definition) is 8. The van der Waals surface area contributed by atoms with Crippen LogP contribution in [-0.4, -0.2) is 72.3 Å². The first-order chi connectivity index (χ1) is 17.3. The quantitative estimate of drug-likeness (QED) is 0.511. The lowest BCUT2D eigenvalue weighted by molar-refractivity contribution is -0.129. The standard InChI is InChI=1S/C27H31NO8/c1-16(29)28-14-19(8-17-10-21(31-2)26(35-6)22(11-17)32-3)25(30)20(15-28)9-18-12-23(33-4)27(36-7)24(13-18)34-5/h8-13H,14-15H2,1-7H3/b19-8+,20-9+. The Hall–Kier alpha value is -4.14. The van der Waals surface area contributed by atoms with Gasteiger partial charge in [0.1, 0.15) is 0 Å². The molecule has 0 unspecified atom stereocenters. The molecular weight excluding hydrogens is 466 g/mol. The van der Waals surface area contributed by atoms with E-state index < -0.39 is 0 Å². The van der Waals surface area contributed by atoms with E-state index in [1.165, 1.54) is 49.6 Å². The van der Waals surface area contributed by atoms with E-state index in [2.05, 4.69) is 0 Å². The minimum Gasteiger partial charge on any atom is -0.493 e. The van der Waals surface area contributed by atoms with Crippen molar-refractivity contribution in [3.63, 3.8) is 0 Å². The maximum atomic E-state index is 13.5. The molecule has 0 aromatic heterocycles. The van der Waals surface area contributed by atoms with E-state index in [1.807, 2.05) is 0 Å². The van der Waals surface area contributed by atoms with E-state index in [0.717, 1.165) is 0 Å². The molecule has 0 aliphatic carbocycles. The lowest BCUT2D eigenvalue weighted by atomic mass is 9.94. The molecule has 1 heterocycles. The van der Waals surface area contributed by atoms with Gasteiger partial charge in [-0.25, -0.2) is 0 Å². The summed E-state index contributed by atoms with van der Waals surface area (Å²) in [5.74, 6) is 2.43. The predicted octanol–water partition coefficient (Wildman–Crippen LogP) is 3.64. The zero-order valence-corrected chi connectivity index (χ0v) is 21.6. The number of carbonyl (C=O) groups excluding carboxylic acids is 2. The molecule has 2 aromatic carbocycles. The van der Waals surface area contributed by atoms with Crippen molar-refractivity contribution in [3.05, 3.63) is 46.5 Å².